The number of nitrogens with zero attached hydrogens (tertiary/aromatic N) is 3. The molecule has 5 heteroatoms. The molecule has 0 aliphatic carbocycles. The summed E-state index contributed by atoms with van der Waals surface area (Å²) in [7, 11) is 0. The Morgan fingerprint density at radius 1 is 1.00 bits per heavy atom. The molecule has 0 amide bonds. The Bertz CT molecular complexity index is 605. The number of halogens is 1. The summed E-state index contributed by atoms with van der Waals surface area (Å²) in [5.74, 6) is 0.857. The van der Waals surface area contributed by atoms with E-state index in [0.29, 0.717) is 0 Å². The van der Waals surface area contributed by atoms with Gasteiger partial charge >= 0.3 is 0 Å². The number of nitrogens with two attached hydrogens (primary N) is 1. The van der Waals surface area contributed by atoms with Crippen molar-refractivity contribution in [2.75, 3.05) is 18.0 Å². The third-order valence-electron chi connectivity index (χ3n) is 4.26. The van der Waals surface area contributed by atoms with Crippen LogP contribution in [0.1, 0.15) is 44.2 Å². The smallest absolute Gasteiger partial charge is 0.225 e. The van der Waals surface area contributed by atoms with Gasteiger partial charge in [0.1, 0.15) is 0 Å². The number of hydrogen-bond donors (Lipinski definition) is 1. The summed E-state index contributed by atoms with van der Waals surface area (Å²) in [5, 5.41) is 0. The van der Waals surface area contributed by atoms with Crippen LogP contribution in [0.15, 0.2) is 36.5 Å². The number of aromatic nitrogens is 2. The van der Waals surface area contributed by atoms with Gasteiger partial charge in [0.25, 0.3) is 0 Å². The van der Waals surface area contributed by atoms with Crippen LogP contribution in [-0.2, 0) is 0 Å². The lowest BCUT2D eigenvalue weighted by Crippen LogP contribution is -2.26. The zero-order chi connectivity index (χ0) is 15.4. The van der Waals surface area contributed by atoms with Crippen LogP contribution in [-0.4, -0.2) is 23.1 Å². The first-order chi connectivity index (χ1) is 10.7. The van der Waals surface area contributed by atoms with Gasteiger partial charge in [-0.15, -0.1) is 12.4 Å². The van der Waals surface area contributed by atoms with Crippen LogP contribution in [0.3, 0.4) is 0 Å². The molecule has 0 radical (unpaired) electrons. The maximum absolute atomic E-state index is 5.91. The maximum atomic E-state index is 5.91. The molecule has 1 fully saturated rings. The summed E-state index contributed by atoms with van der Waals surface area (Å²) in [6.45, 7) is 4.12. The fourth-order valence-corrected chi connectivity index (χ4v) is 2.89. The molecule has 1 aromatic heterocycles. The molecule has 124 valence electrons. The number of benzene rings is 1. The molecule has 1 aliphatic heterocycles. The number of rotatable bonds is 3. The first kappa shape index (κ1) is 17.7. The Morgan fingerprint density at radius 2 is 1.65 bits per heavy atom. The molecule has 1 unspecified atom stereocenters. The first-order valence-corrected chi connectivity index (χ1v) is 8.18. The van der Waals surface area contributed by atoms with Gasteiger partial charge in [0.05, 0.1) is 5.69 Å². The minimum absolute atomic E-state index is 0. The highest BCUT2D eigenvalue weighted by molar-refractivity contribution is 5.85. The van der Waals surface area contributed by atoms with Crippen molar-refractivity contribution in [3.63, 3.8) is 0 Å². The molecule has 2 aromatic rings. The minimum atomic E-state index is 0. The van der Waals surface area contributed by atoms with E-state index in [2.05, 4.69) is 34.1 Å². The van der Waals surface area contributed by atoms with E-state index in [4.69, 9.17) is 10.7 Å². The molecule has 1 saturated heterocycles. The third-order valence-corrected chi connectivity index (χ3v) is 4.26. The Hall–Kier alpha value is -1.65. The second-order valence-corrected chi connectivity index (χ2v) is 6.05. The molecular weight excluding hydrogens is 308 g/mol. The fourth-order valence-electron chi connectivity index (χ4n) is 2.89. The van der Waals surface area contributed by atoms with E-state index < -0.39 is 0 Å². The van der Waals surface area contributed by atoms with Crippen molar-refractivity contribution in [3.8, 4) is 11.3 Å². The van der Waals surface area contributed by atoms with Crippen molar-refractivity contribution in [1.29, 1.82) is 0 Å². The molecule has 2 N–H and O–H groups in total. The van der Waals surface area contributed by atoms with Crippen LogP contribution in [0.4, 0.5) is 5.95 Å². The predicted molar refractivity (Wildman–Crippen MR) is 98.0 cm³/mol. The standard InChI is InChI=1S/C18H24N4.ClH/c1-14(19)15-6-8-16(9-7-15)17-10-11-20-18(21-17)22-12-4-2-3-5-13-22;/h6-11,14H,2-5,12-13,19H2,1H3;1H. The molecule has 2 heterocycles. The van der Waals surface area contributed by atoms with E-state index in [1.165, 1.54) is 25.7 Å². The van der Waals surface area contributed by atoms with E-state index in [0.717, 1.165) is 35.9 Å². The fraction of sp³-hybridized carbons (Fsp3) is 0.444. The lowest BCUT2D eigenvalue weighted by molar-refractivity contribution is 0.726. The summed E-state index contributed by atoms with van der Waals surface area (Å²) in [4.78, 5) is 11.5. The maximum Gasteiger partial charge on any atom is 0.225 e. The Labute approximate surface area is 144 Å². The molecule has 1 atom stereocenters. The van der Waals surface area contributed by atoms with Crippen molar-refractivity contribution >= 4 is 18.4 Å². The third kappa shape index (κ3) is 4.43. The summed E-state index contributed by atoms with van der Waals surface area (Å²) in [6, 6.07) is 10.4. The van der Waals surface area contributed by atoms with Crippen LogP contribution < -0.4 is 10.6 Å². The van der Waals surface area contributed by atoms with Crippen LogP contribution >= 0.6 is 12.4 Å². The summed E-state index contributed by atoms with van der Waals surface area (Å²) in [6.07, 6.45) is 6.96. The van der Waals surface area contributed by atoms with Crippen molar-refractivity contribution in [3.05, 3.63) is 42.1 Å². The minimum Gasteiger partial charge on any atom is -0.341 e. The SMILES string of the molecule is CC(N)c1ccc(-c2ccnc(N3CCCCCC3)n2)cc1.Cl. The quantitative estimate of drug-likeness (QED) is 0.924. The number of anilines is 1. The molecule has 1 aliphatic rings. The van der Waals surface area contributed by atoms with Gasteiger partial charge in [-0.1, -0.05) is 37.1 Å². The van der Waals surface area contributed by atoms with E-state index in [-0.39, 0.29) is 18.4 Å². The molecule has 1 aromatic carbocycles. The predicted octanol–water partition coefficient (Wildman–Crippen LogP) is 3.97. The normalized spacial score (nSPS) is 16.3. The van der Waals surface area contributed by atoms with Gasteiger partial charge in [-0.05, 0) is 31.4 Å². The van der Waals surface area contributed by atoms with Gasteiger partial charge < -0.3 is 10.6 Å². The van der Waals surface area contributed by atoms with Gasteiger partial charge in [0.2, 0.25) is 5.95 Å². The van der Waals surface area contributed by atoms with Crippen LogP contribution in [0.25, 0.3) is 11.3 Å². The molecule has 23 heavy (non-hydrogen) atoms. The topological polar surface area (TPSA) is 55.0 Å². The second-order valence-electron chi connectivity index (χ2n) is 6.05. The van der Waals surface area contributed by atoms with Gasteiger partial charge in [0.15, 0.2) is 0 Å². The van der Waals surface area contributed by atoms with Gasteiger partial charge in [0, 0.05) is 30.9 Å². The largest absolute Gasteiger partial charge is 0.341 e. The number of hydrogen-bond acceptors (Lipinski definition) is 4. The van der Waals surface area contributed by atoms with Crippen molar-refractivity contribution in [1.82, 2.24) is 9.97 Å². The molecule has 0 spiro atoms. The Morgan fingerprint density at radius 3 is 2.26 bits per heavy atom. The average molecular weight is 333 g/mol. The van der Waals surface area contributed by atoms with E-state index in [9.17, 15) is 0 Å². The summed E-state index contributed by atoms with van der Waals surface area (Å²) >= 11 is 0. The molecule has 3 rings (SSSR count). The molecular formula is C18H25ClN4. The van der Waals surface area contributed by atoms with Crippen molar-refractivity contribution in [2.24, 2.45) is 5.73 Å². The van der Waals surface area contributed by atoms with E-state index >= 15 is 0 Å². The van der Waals surface area contributed by atoms with Gasteiger partial charge in [-0.25, -0.2) is 9.97 Å². The zero-order valence-electron chi connectivity index (χ0n) is 13.6. The highest BCUT2D eigenvalue weighted by Gasteiger charge is 2.13. The lowest BCUT2D eigenvalue weighted by atomic mass is 10.1. The average Bonchev–Trinajstić information content (AvgIpc) is 2.84. The highest BCUT2D eigenvalue weighted by atomic mass is 35.5. The Balaban J connectivity index is 0.00000192. The molecule has 0 saturated carbocycles. The van der Waals surface area contributed by atoms with Gasteiger partial charge in [-0.3, -0.25) is 0 Å². The zero-order valence-corrected chi connectivity index (χ0v) is 14.4. The van der Waals surface area contributed by atoms with E-state index in [1.807, 2.05) is 19.2 Å². The van der Waals surface area contributed by atoms with Crippen LogP contribution in [0, 0.1) is 0 Å². The molecule has 4 nitrogen and oxygen atoms in total. The van der Waals surface area contributed by atoms with Gasteiger partial charge in [-0.2, -0.15) is 0 Å². The highest BCUT2D eigenvalue weighted by Crippen LogP contribution is 2.22. The van der Waals surface area contributed by atoms with E-state index in [1.54, 1.807) is 0 Å². The van der Waals surface area contributed by atoms with Crippen molar-refractivity contribution in [2.45, 2.75) is 38.6 Å². The Kier molecular flexibility index (Phi) is 6.37. The monoisotopic (exact) mass is 332 g/mol. The summed E-state index contributed by atoms with van der Waals surface area (Å²) in [5.41, 5.74) is 9.14. The lowest BCUT2D eigenvalue weighted by Gasteiger charge is -2.20. The van der Waals surface area contributed by atoms with Crippen molar-refractivity contribution < 1.29 is 0 Å². The molecule has 0 bridgehead atoms. The van der Waals surface area contributed by atoms with Crippen LogP contribution in [0.5, 0.6) is 0 Å². The van der Waals surface area contributed by atoms with Crippen LogP contribution in [0.2, 0.25) is 0 Å². The summed E-state index contributed by atoms with van der Waals surface area (Å²) < 4.78 is 0. The second kappa shape index (κ2) is 8.27. The first-order valence-electron chi connectivity index (χ1n) is 8.18.